The van der Waals surface area contributed by atoms with Crippen LogP contribution in [0.4, 0.5) is 0 Å². The zero-order valence-electron chi connectivity index (χ0n) is 13.2. The summed E-state index contributed by atoms with van der Waals surface area (Å²) in [7, 11) is 0. The van der Waals surface area contributed by atoms with Crippen LogP contribution in [0, 0.1) is 0 Å². The van der Waals surface area contributed by atoms with Crippen molar-refractivity contribution in [3.8, 4) is 0 Å². The predicted octanol–water partition coefficient (Wildman–Crippen LogP) is 2.82. The minimum absolute atomic E-state index is 0.299. The van der Waals surface area contributed by atoms with Crippen LogP contribution in [0.15, 0.2) is 50.6 Å². The molecular weight excluding hydrogens is 358 g/mol. The Morgan fingerprint density at radius 2 is 1.96 bits per heavy atom. The molecule has 0 unspecified atom stereocenters. The van der Waals surface area contributed by atoms with Crippen LogP contribution in [0.25, 0.3) is 0 Å². The van der Waals surface area contributed by atoms with Crippen molar-refractivity contribution in [1.82, 2.24) is 14.9 Å². The molecule has 124 valence electrons. The highest BCUT2D eigenvalue weighted by Crippen LogP contribution is 2.22. The molecule has 2 N–H and O–H groups in total. The number of hydrogen-bond acceptors (Lipinski definition) is 3. The fourth-order valence-electron chi connectivity index (χ4n) is 2.46. The Labute approximate surface area is 143 Å². The molecule has 0 bridgehead atoms. The first-order chi connectivity index (χ1) is 11.1. The number of unbranched alkanes of at least 4 members (excludes halogenated alkanes) is 2. The number of aryl methyl sites for hydroxylation is 1. The molecule has 1 heterocycles. The number of hydrogen-bond donors (Lipinski definition) is 2. The van der Waals surface area contributed by atoms with Crippen molar-refractivity contribution in [2.45, 2.75) is 38.8 Å². The number of aromatic nitrogens is 2. The molecule has 0 aliphatic carbocycles. The molecule has 0 spiro atoms. The van der Waals surface area contributed by atoms with Crippen LogP contribution < -0.4 is 16.6 Å². The average Bonchev–Trinajstić information content (AvgIpc) is 2.52. The van der Waals surface area contributed by atoms with E-state index in [0.717, 1.165) is 30.3 Å². The van der Waals surface area contributed by atoms with Crippen molar-refractivity contribution in [2.75, 3.05) is 6.54 Å². The standard InChI is InChI=1S/C17H22BrN3O2/c1-13(14-7-3-4-8-15(14)18)19-10-5-2-6-11-21-12-9-16(22)20-17(21)23/h3-4,7-9,12-13,19H,2,5-6,10-11H2,1H3,(H,20,22,23)/t13-/m1/s1. The average molecular weight is 380 g/mol. The van der Waals surface area contributed by atoms with E-state index < -0.39 is 0 Å². The zero-order valence-corrected chi connectivity index (χ0v) is 14.8. The second-order valence-corrected chi connectivity index (χ2v) is 6.42. The second-order valence-electron chi connectivity index (χ2n) is 5.56. The molecule has 1 atom stereocenters. The number of nitrogens with zero attached hydrogens (tertiary/aromatic N) is 1. The van der Waals surface area contributed by atoms with Crippen molar-refractivity contribution in [3.63, 3.8) is 0 Å². The van der Waals surface area contributed by atoms with E-state index in [1.807, 2.05) is 12.1 Å². The van der Waals surface area contributed by atoms with Gasteiger partial charge in [-0.15, -0.1) is 0 Å². The summed E-state index contributed by atoms with van der Waals surface area (Å²) in [5, 5.41) is 3.51. The van der Waals surface area contributed by atoms with Gasteiger partial charge in [0.1, 0.15) is 0 Å². The first-order valence-corrected chi connectivity index (χ1v) is 8.65. The van der Waals surface area contributed by atoms with Gasteiger partial charge in [0.15, 0.2) is 0 Å². The van der Waals surface area contributed by atoms with Crippen molar-refractivity contribution in [2.24, 2.45) is 0 Å². The summed E-state index contributed by atoms with van der Waals surface area (Å²) >= 11 is 3.57. The van der Waals surface area contributed by atoms with Crippen LogP contribution in [0.1, 0.15) is 37.8 Å². The quantitative estimate of drug-likeness (QED) is 0.693. The topological polar surface area (TPSA) is 66.9 Å². The third-order valence-electron chi connectivity index (χ3n) is 3.79. The molecule has 2 aromatic rings. The number of H-pyrrole nitrogens is 1. The van der Waals surface area contributed by atoms with Crippen LogP contribution in [0.5, 0.6) is 0 Å². The summed E-state index contributed by atoms with van der Waals surface area (Å²) in [5.41, 5.74) is 0.571. The Hall–Kier alpha value is -1.66. The molecule has 1 aromatic heterocycles. The molecule has 0 saturated carbocycles. The summed E-state index contributed by atoms with van der Waals surface area (Å²) < 4.78 is 2.66. The van der Waals surface area contributed by atoms with Crippen LogP contribution in [0.3, 0.4) is 0 Å². The highest BCUT2D eigenvalue weighted by molar-refractivity contribution is 9.10. The maximum atomic E-state index is 11.5. The Kier molecular flexibility index (Phi) is 6.80. The lowest BCUT2D eigenvalue weighted by atomic mass is 10.1. The number of halogens is 1. The number of benzene rings is 1. The Morgan fingerprint density at radius 1 is 1.17 bits per heavy atom. The molecule has 5 nitrogen and oxygen atoms in total. The molecule has 1 aromatic carbocycles. The number of aromatic amines is 1. The number of nitrogens with one attached hydrogen (secondary N) is 2. The van der Waals surface area contributed by atoms with Gasteiger partial charge in [0.25, 0.3) is 5.56 Å². The molecular formula is C17H22BrN3O2. The van der Waals surface area contributed by atoms with Crippen molar-refractivity contribution in [3.05, 3.63) is 67.4 Å². The molecule has 6 heteroatoms. The molecule has 23 heavy (non-hydrogen) atoms. The molecule has 0 fully saturated rings. The van der Waals surface area contributed by atoms with E-state index in [-0.39, 0.29) is 11.2 Å². The maximum Gasteiger partial charge on any atom is 0.328 e. The van der Waals surface area contributed by atoms with Gasteiger partial charge >= 0.3 is 5.69 Å². The van der Waals surface area contributed by atoms with Gasteiger partial charge < -0.3 is 9.88 Å². The van der Waals surface area contributed by atoms with Gasteiger partial charge in [0.2, 0.25) is 0 Å². The zero-order chi connectivity index (χ0) is 16.7. The van der Waals surface area contributed by atoms with Crippen molar-refractivity contribution < 1.29 is 0 Å². The molecule has 0 aliphatic heterocycles. The minimum atomic E-state index is -0.350. The molecule has 0 amide bonds. The molecule has 0 saturated heterocycles. The third-order valence-corrected chi connectivity index (χ3v) is 4.52. The van der Waals surface area contributed by atoms with Gasteiger partial charge in [-0.3, -0.25) is 9.78 Å². The minimum Gasteiger partial charge on any atom is -0.310 e. The fourth-order valence-corrected chi connectivity index (χ4v) is 3.09. The molecule has 0 radical (unpaired) electrons. The predicted molar refractivity (Wildman–Crippen MR) is 95.7 cm³/mol. The monoisotopic (exact) mass is 379 g/mol. The highest BCUT2D eigenvalue weighted by atomic mass is 79.9. The summed E-state index contributed by atoms with van der Waals surface area (Å²) in [6.07, 6.45) is 4.54. The van der Waals surface area contributed by atoms with Gasteiger partial charge in [-0.1, -0.05) is 40.5 Å². The Bertz CT molecular complexity index is 739. The van der Waals surface area contributed by atoms with Gasteiger partial charge in [0, 0.05) is 29.3 Å². The lowest BCUT2D eigenvalue weighted by molar-refractivity contribution is 0.513. The first-order valence-electron chi connectivity index (χ1n) is 7.85. The van der Waals surface area contributed by atoms with E-state index in [2.05, 4.69) is 45.3 Å². The van der Waals surface area contributed by atoms with Crippen LogP contribution in [0.2, 0.25) is 0 Å². The van der Waals surface area contributed by atoms with Crippen molar-refractivity contribution >= 4 is 15.9 Å². The van der Waals surface area contributed by atoms with Gasteiger partial charge in [-0.25, -0.2) is 4.79 Å². The smallest absolute Gasteiger partial charge is 0.310 e. The Balaban J connectivity index is 1.67. The third kappa shape index (κ3) is 5.48. The lowest BCUT2D eigenvalue weighted by Gasteiger charge is -2.15. The van der Waals surface area contributed by atoms with Crippen LogP contribution in [-0.4, -0.2) is 16.1 Å². The highest BCUT2D eigenvalue weighted by Gasteiger charge is 2.07. The van der Waals surface area contributed by atoms with Gasteiger partial charge in [-0.05, 0) is 37.9 Å². The SMILES string of the molecule is C[C@@H](NCCCCCn1ccc(=O)[nH]c1=O)c1ccccc1Br. The Morgan fingerprint density at radius 3 is 2.70 bits per heavy atom. The van der Waals surface area contributed by atoms with Crippen LogP contribution in [-0.2, 0) is 6.54 Å². The lowest BCUT2D eigenvalue weighted by Crippen LogP contribution is -2.28. The maximum absolute atomic E-state index is 11.5. The van der Waals surface area contributed by atoms with E-state index in [9.17, 15) is 9.59 Å². The first kappa shape index (κ1) is 17.7. The summed E-state index contributed by atoms with van der Waals surface area (Å²) in [4.78, 5) is 24.8. The van der Waals surface area contributed by atoms with E-state index in [0.29, 0.717) is 12.6 Å². The molecule has 0 aliphatic rings. The van der Waals surface area contributed by atoms with E-state index in [4.69, 9.17) is 0 Å². The largest absolute Gasteiger partial charge is 0.328 e. The number of rotatable bonds is 8. The van der Waals surface area contributed by atoms with E-state index in [1.54, 1.807) is 10.8 Å². The van der Waals surface area contributed by atoms with E-state index >= 15 is 0 Å². The second kappa shape index (κ2) is 8.84. The normalized spacial score (nSPS) is 12.3. The van der Waals surface area contributed by atoms with E-state index in [1.165, 1.54) is 11.6 Å². The summed E-state index contributed by atoms with van der Waals surface area (Å²) in [6, 6.07) is 9.90. The van der Waals surface area contributed by atoms with Gasteiger partial charge in [0.05, 0.1) is 0 Å². The van der Waals surface area contributed by atoms with Crippen molar-refractivity contribution in [1.29, 1.82) is 0 Å². The summed E-state index contributed by atoms with van der Waals surface area (Å²) in [6.45, 7) is 3.72. The summed E-state index contributed by atoms with van der Waals surface area (Å²) in [5.74, 6) is 0. The van der Waals surface area contributed by atoms with Crippen LogP contribution >= 0.6 is 15.9 Å². The molecule has 2 rings (SSSR count). The fraction of sp³-hybridized carbons (Fsp3) is 0.412. The van der Waals surface area contributed by atoms with Gasteiger partial charge in [-0.2, -0.15) is 0 Å².